The molecule has 3 fully saturated rings. The van der Waals surface area contributed by atoms with E-state index in [1.165, 1.54) is 0 Å². The van der Waals surface area contributed by atoms with Crippen LogP contribution in [0.5, 0.6) is 0 Å². The lowest BCUT2D eigenvalue weighted by molar-refractivity contribution is 0.0629. The van der Waals surface area contributed by atoms with E-state index in [0.29, 0.717) is 29.4 Å². The second-order valence-electron chi connectivity index (χ2n) is 8.98. The Morgan fingerprint density at radius 3 is 2.34 bits per heavy atom. The van der Waals surface area contributed by atoms with Gasteiger partial charge < -0.3 is 14.3 Å². The average molecular weight is 435 g/mol. The zero-order valence-corrected chi connectivity index (χ0v) is 18.1. The van der Waals surface area contributed by atoms with Gasteiger partial charge in [0, 0.05) is 55.9 Å². The molecule has 0 radical (unpaired) electrons. The summed E-state index contributed by atoms with van der Waals surface area (Å²) in [7, 11) is 0. The van der Waals surface area contributed by atoms with Crippen molar-refractivity contribution < 1.29 is 9.32 Å². The van der Waals surface area contributed by atoms with Gasteiger partial charge in [0.25, 0.3) is 11.9 Å². The third kappa shape index (κ3) is 3.63. The third-order valence-corrected chi connectivity index (χ3v) is 6.60. The number of imidazole rings is 1. The van der Waals surface area contributed by atoms with Crippen molar-refractivity contribution in [2.45, 2.75) is 63.5 Å². The lowest BCUT2D eigenvalue weighted by Crippen LogP contribution is -2.48. The van der Waals surface area contributed by atoms with Crippen LogP contribution in [0.15, 0.2) is 29.3 Å². The molecule has 0 spiro atoms. The number of amides is 1. The van der Waals surface area contributed by atoms with Crippen LogP contribution >= 0.6 is 0 Å². The lowest BCUT2D eigenvalue weighted by Gasteiger charge is -2.38. The standard InChI is InChI=1S/C22H26N8O2/c1-14-23-8-11-29(14)21-24-12-16(13-25-21)20(31)30(17-4-5-17)18-6-9-28(10-7-18)22-26-19(32-27-22)15-2-3-15/h8,11-13,15,17-18H,2-7,9-10H2,1H3. The molecule has 0 bridgehead atoms. The molecule has 1 aliphatic heterocycles. The number of nitrogens with zero attached hydrogens (tertiary/aromatic N) is 8. The van der Waals surface area contributed by atoms with Crippen molar-refractivity contribution in [3.63, 3.8) is 0 Å². The summed E-state index contributed by atoms with van der Waals surface area (Å²) in [5.41, 5.74) is 0.535. The van der Waals surface area contributed by atoms with Gasteiger partial charge >= 0.3 is 0 Å². The smallest absolute Gasteiger partial charge is 0.266 e. The van der Waals surface area contributed by atoms with E-state index in [1.54, 1.807) is 23.2 Å². The van der Waals surface area contributed by atoms with Crippen LogP contribution in [0.1, 0.15) is 66.5 Å². The number of rotatable bonds is 6. The van der Waals surface area contributed by atoms with Crippen LogP contribution in [0, 0.1) is 6.92 Å². The zero-order valence-electron chi connectivity index (χ0n) is 18.1. The number of piperidine rings is 1. The molecule has 1 amide bonds. The Morgan fingerprint density at radius 2 is 1.72 bits per heavy atom. The van der Waals surface area contributed by atoms with E-state index in [1.807, 2.05) is 13.1 Å². The highest BCUT2D eigenvalue weighted by Crippen LogP contribution is 2.40. The van der Waals surface area contributed by atoms with Crippen molar-refractivity contribution >= 4 is 11.9 Å². The largest absolute Gasteiger partial charge is 0.338 e. The molecule has 10 nitrogen and oxygen atoms in total. The monoisotopic (exact) mass is 434 g/mol. The van der Waals surface area contributed by atoms with Crippen molar-refractivity contribution in [1.82, 2.24) is 34.6 Å². The van der Waals surface area contributed by atoms with Crippen molar-refractivity contribution in [3.8, 4) is 5.95 Å². The number of aromatic nitrogens is 6. The molecular formula is C22H26N8O2. The first-order chi connectivity index (χ1) is 15.7. The van der Waals surface area contributed by atoms with Gasteiger partial charge in [-0.05, 0) is 50.6 Å². The molecule has 2 aliphatic carbocycles. The Morgan fingerprint density at radius 1 is 1.00 bits per heavy atom. The fourth-order valence-electron chi connectivity index (χ4n) is 4.47. The van der Waals surface area contributed by atoms with Gasteiger partial charge in [-0.2, -0.15) is 4.98 Å². The summed E-state index contributed by atoms with van der Waals surface area (Å²) >= 11 is 0. The molecule has 3 aromatic rings. The number of carbonyl (C=O) groups excluding carboxylic acids is 1. The summed E-state index contributed by atoms with van der Waals surface area (Å²) in [6.45, 7) is 3.53. The number of carbonyl (C=O) groups is 1. The molecule has 0 unspecified atom stereocenters. The molecule has 166 valence electrons. The Hall–Kier alpha value is -3.30. The van der Waals surface area contributed by atoms with Crippen molar-refractivity contribution in [1.29, 1.82) is 0 Å². The molecule has 0 atom stereocenters. The summed E-state index contributed by atoms with van der Waals surface area (Å²) < 4.78 is 7.22. The number of aryl methyl sites for hydroxylation is 1. The normalized spacial score (nSPS) is 19.3. The zero-order chi connectivity index (χ0) is 21.7. The van der Waals surface area contributed by atoms with E-state index >= 15 is 0 Å². The van der Waals surface area contributed by atoms with Gasteiger partial charge in [0.05, 0.1) is 5.56 Å². The van der Waals surface area contributed by atoms with Crippen LogP contribution in [0.3, 0.4) is 0 Å². The van der Waals surface area contributed by atoms with Gasteiger partial charge in [-0.25, -0.2) is 15.0 Å². The SMILES string of the molecule is Cc1nccn1-c1ncc(C(=O)N(C2CC2)C2CCN(c3noc(C4CC4)n3)CC2)cn1. The minimum atomic E-state index is 0.0235. The highest BCUT2D eigenvalue weighted by atomic mass is 16.5. The first-order valence-electron chi connectivity index (χ1n) is 11.4. The van der Waals surface area contributed by atoms with E-state index in [2.05, 4.69) is 34.9 Å². The maximum absolute atomic E-state index is 13.4. The molecule has 1 saturated heterocycles. The van der Waals surface area contributed by atoms with Crippen molar-refractivity contribution in [2.24, 2.45) is 0 Å². The number of hydrogen-bond acceptors (Lipinski definition) is 8. The lowest BCUT2D eigenvalue weighted by atomic mass is 10.0. The summed E-state index contributed by atoms with van der Waals surface area (Å²) in [6, 6.07) is 0.526. The molecule has 2 saturated carbocycles. The van der Waals surface area contributed by atoms with E-state index in [-0.39, 0.29) is 11.9 Å². The highest BCUT2D eigenvalue weighted by molar-refractivity contribution is 5.94. The van der Waals surface area contributed by atoms with Gasteiger partial charge in [0.2, 0.25) is 11.8 Å². The molecular weight excluding hydrogens is 408 g/mol. The van der Waals surface area contributed by atoms with Gasteiger partial charge in [-0.15, -0.1) is 0 Å². The molecule has 0 N–H and O–H groups in total. The minimum Gasteiger partial charge on any atom is -0.338 e. The first-order valence-corrected chi connectivity index (χ1v) is 11.4. The predicted octanol–water partition coefficient (Wildman–Crippen LogP) is 2.50. The quantitative estimate of drug-likeness (QED) is 0.583. The Bertz CT molecular complexity index is 1110. The van der Waals surface area contributed by atoms with Crippen LogP contribution in [0.2, 0.25) is 0 Å². The predicted molar refractivity (Wildman–Crippen MR) is 115 cm³/mol. The van der Waals surface area contributed by atoms with E-state index in [0.717, 1.165) is 63.3 Å². The number of hydrogen-bond donors (Lipinski definition) is 0. The molecule has 3 aromatic heterocycles. The fraction of sp³-hybridized carbons (Fsp3) is 0.545. The summed E-state index contributed by atoms with van der Waals surface area (Å²) in [4.78, 5) is 35.3. The summed E-state index contributed by atoms with van der Waals surface area (Å²) in [6.07, 6.45) is 13.0. The van der Waals surface area contributed by atoms with Crippen molar-refractivity contribution in [2.75, 3.05) is 18.0 Å². The fourth-order valence-corrected chi connectivity index (χ4v) is 4.47. The van der Waals surface area contributed by atoms with Crippen LogP contribution in [0.25, 0.3) is 5.95 Å². The van der Waals surface area contributed by atoms with Crippen LogP contribution < -0.4 is 4.90 Å². The van der Waals surface area contributed by atoms with Gasteiger partial charge in [-0.3, -0.25) is 9.36 Å². The Kier molecular flexibility index (Phi) is 4.65. The highest BCUT2D eigenvalue weighted by Gasteiger charge is 2.40. The third-order valence-electron chi connectivity index (χ3n) is 6.60. The molecule has 0 aromatic carbocycles. The molecule has 32 heavy (non-hydrogen) atoms. The molecule has 6 rings (SSSR count). The van der Waals surface area contributed by atoms with Gasteiger partial charge in [-0.1, -0.05) is 0 Å². The maximum atomic E-state index is 13.4. The van der Waals surface area contributed by atoms with Crippen LogP contribution in [-0.2, 0) is 0 Å². The van der Waals surface area contributed by atoms with Crippen molar-refractivity contribution in [3.05, 3.63) is 42.1 Å². The van der Waals surface area contributed by atoms with E-state index in [9.17, 15) is 4.79 Å². The van der Waals surface area contributed by atoms with Crippen LogP contribution in [0.4, 0.5) is 5.95 Å². The number of anilines is 1. The Labute approximate surface area is 185 Å². The topological polar surface area (TPSA) is 106 Å². The second kappa shape index (κ2) is 7.68. The molecule has 10 heteroatoms. The van der Waals surface area contributed by atoms with Gasteiger partial charge in [0.1, 0.15) is 5.82 Å². The second-order valence-corrected chi connectivity index (χ2v) is 8.98. The maximum Gasteiger partial charge on any atom is 0.266 e. The average Bonchev–Trinajstić information content (AvgIpc) is 3.75. The Balaban J connectivity index is 1.14. The van der Waals surface area contributed by atoms with E-state index < -0.39 is 0 Å². The molecule has 4 heterocycles. The summed E-state index contributed by atoms with van der Waals surface area (Å²) in [5, 5.41) is 4.17. The van der Waals surface area contributed by atoms with Gasteiger partial charge in [0.15, 0.2) is 0 Å². The van der Waals surface area contributed by atoms with Crippen LogP contribution in [-0.4, -0.2) is 65.6 Å². The minimum absolute atomic E-state index is 0.0235. The van der Waals surface area contributed by atoms with E-state index in [4.69, 9.17) is 4.52 Å². The molecule has 3 aliphatic rings. The summed E-state index contributed by atoms with van der Waals surface area (Å²) in [5.74, 6) is 3.27. The first kappa shape index (κ1) is 19.4.